The number of nitrogens with zero attached hydrogens (tertiary/aromatic N) is 1. The van der Waals surface area contributed by atoms with Gasteiger partial charge in [-0.2, -0.15) is 0 Å². The summed E-state index contributed by atoms with van der Waals surface area (Å²) in [6, 6.07) is 8.78. The summed E-state index contributed by atoms with van der Waals surface area (Å²) in [5.74, 6) is 0.569. The number of halogens is 3. The Bertz CT molecular complexity index is 759. The van der Waals surface area contributed by atoms with Gasteiger partial charge >= 0.3 is 0 Å². The van der Waals surface area contributed by atoms with Crippen LogP contribution in [0.4, 0.5) is 5.69 Å². The minimum atomic E-state index is 0.465. The predicted molar refractivity (Wildman–Crippen MR) is 82.7 cm³/mol. The fourth-order valence-corrected chi connectivity index (χ4v) is 2.39. The van der Waals surface area contributed by atoms with Gasteiger partial charge in [-0.1, -0.05) is 40.9 Å². The summed E-state index contributed by atoms with van der Waals surface area (Å²) in [6.07, 6.45) is 0.517. The second kappa shape index (κ2) is 5.17. The van der Waals surface area contributed by atoms with Gasteiger partial charge in [-0.25, -0.2) is 4.98 Å². The van der Waals surface area contributed by atoms with E-state index in [1.807, 2.05) is 6.07 Å². The lowest BCUT2D eigenvalue weighted by atomic mass is 10.1. The maximum absolute atomic E-state index is 5.98. The number of anilines is 1. The number of aromatic nitrogens is 1. The van der Waals surface area contributed by atoms with Crippen LogP contribution in [0, 0.1) is 0 Å². The third-order valence-electron chi connectivity index (χ3n) is 2.89. The molecule has 2 N–H and O–H groups in total. The summed E-state index contributed by atoms with van der Waals surface area (Å²) < 4.78 is 5.65. The van der Waals surface area contributed by atoms with Gasteiger partial charge in [-0.05, 0) is 23.8 Å². The summed E-state index contributed by atoms with van der Waals surface area (Å²) in [4.78, 5) is 4.38. The van der Waals surface area contributed by atoms with E-state index in [4.69, 9.17) is 45.0 Å². The van der Waals surface area contributed by atoms with Gasteiger partial charge in [0, 0.05) is 12.5 Å². The van der Waals surface area contributed by atoms with Crippen LogP contribution in [0.2, 0.25) is 15.1 Å². The molecule has 0 aliphatic carbocycles. The van der Waals surface area contributed by atoms with E-state index in [-0.39, 0.29) is 0 Å². The SMILES string of the molecule is Nc1cc2oc(Cc3ccc(Cl)c(Cl)c3)nc2cc1Cl. The van der Waals surface area contributed by atoms with E-state index in [0.717, 1.165) is 5.56 Å². The number of oxazole rings is 1. The Morgan fingerprint density at radius 1 is 1.00 bits per heavy atom. The van der Waals surface area contributed by atoms with E-state index in [0.29, 0.717) is 44.2 Å². The minimum absolute atomic E-state index is 0.465. The highest BCUT2D eigenvalue weighted by atomic mass is 35.5. The first-order chi connectivity index (χ1) is 9.52. The van der Waals surface area contributed by atoms with Gasteiger partial charge in [0.15, 0.2) is 11.5 Å². The van der Waals surface area contributed by atoms with Crippen molar-refractivity contribution in [1.29, 1.82) is 0 Å². The third-order valence-corrected chi connectivity index (χ3v) is 3.96. The lowest BCUT2D eigenvalue weighted by Gasteiger charge is -1.99. The Kier molecular flexibility index (Phi) is 3.50. The Morgan fingerprint density at radius 2 is 1.80 bits per heavy atom. The zero-order valence-corrected chi connectivity index (χ0v) is 12.4. The van der Waals surface area contributed by atoms with E-state index >= 15 is 0 Å². The lowest BCUT2D eigenvalue weighted by molar-refractivity contribution is 0.544. The molecule has 3 rings (SSSR count). The second-order valence-corrected chi connectivity index (χ2v) is 5.60. The molecule has 0 amide bonds. The van der Waals surface area contributed by atoms with Crippen molar-refractivity contribution in [3.63, 3.8) is 0 Å². The summed E-state index contributed by atoms with van der Waals surface area (Å²) in [5.41, 5.74) is 8.46. The molecule has 102 valence electrons. The molecular weight excluding hydrogens is 319 g/mol. The Labute approximate surface area is 130 Å². The van der Waals surface area contributed by atoms with Crippen LogP contribution < -0.4 is 5.73 Å². The van der Waals surface area contributed by atoms with Crippen molar-refractivity contribution in [1.82, 2.24) is 4.98 Å². The van der Waals surface area contributed by atoms with Crippen molar-refractivity contribution in [2.45, 2.75) is 6.42 Å². The number of hydrogen-bond acceptors (Lipinski definition) is 3. The summed E-state index contributed by atoms with van der Waals surface area (Å²) >= 11 is 17.8. The Hall–Kier alpha value is -1.42. The second-order valence-electron chi connectivity index (χ2n) is 4.37. The molecule has 0 unspecified atom stereocenters. The highest BCUT2D eigenvalue weighted by molar-refractivity contribution is 6.42. The fourth-order valence-electron chi connectivity index (χ4n) is 1.91. The van der Waals surface area contributed by atoms with Crippen LogP contribution in [0.1, 0.15) is 11.5 Å². The fraction of sp³-hybridized carbons (Fsp3) is 0.0714. The Morgan fingerprint density at radius 3 is 2.55 bits per heavy atom. The molecule has 6 heteroatoms. The molecule has 1 heterocycles. The first kappa shape index (κ1) is 13.6. The molecule has 0 saturated carbocycles. The zero-order chi connectivity index (χ0) is 14.3. The van der Waals surface area contributed by atoms with Crippen molar-refractivity contribution in [2.75, 3.05) is 5.73 Å². The van der Waals surface area contributed by atoms with E-state index in [9.17, 15) is 0 Å². The van der Waals surface area contributed by atoms with Gasteiger partial charge in [0.2, 0.25) is 0 Å². The van der Waals surface area contributed by atoms with Crippen molar-refractivity contribution < 1.29 is 4.42 Å². The zero-order valence-electron chi connectivity index (χ0n) is 10.2. The van der Waals surface area contributed by atoms with Gasteiger partial charge in [-0.15, -0.1) is 0 Å². The van der Waals surface area contributed by atoms with Crippen LogP contribution >= 0.6 is 34.8 Å². The smallest absolute Gasteiger partial charge is 0.199 e. The lowest BCUT2D eigenvalue weighted by Crippen LogP contribution is -1.88. The van der Waals surface area contributed by atoms with Crippen LogP contribution in [-0.2, 0) is 6.42 Å². The maximum Gasteiger partial charge on any atom is 0.199 e. The number of hydrogen-bond donors (Lipinski definition) is 1. The average Bonchev–Trinajstić information content (AvgIpc) is 2.76. The minimum Gasteiger partial charge on any atom is -0.440 e. The monoisotopic (exact) mass is 326 g/mol. The first-order valence-electron chi connectivity index (χ1n) is 5.81. The van der Waals surface area contributed by atoms with Gasteiger partial charge in [0.1, 0.15) is 5.52 Å². The van der Waals surface area contributed by atoms with E-state index in [1.54, 1.807) is 24.3 Å². The maximum atomic E-state index is 5.98. The Balaban J connectivity index is 1.96. The first-order valence-corrected chi connectivity index (χ1v) is 6.94. The van der Waals surface area contributed by atoms with Crippen LogP contribution in [0.25, 0.3) is 11.1 Å². The van der Waals surface area contributed by atoms with Gasteiger partial charge < -0.3 is 10.2 Å². The molecule has 0 aliphatic rings. The molecule has 0 bridgehead atoms. The molecule has 1 aromatic heterocycles. The number of benzene rings is 2. The number of nitrogens with two attached hydrogens (primary N) is 1. The van der Waals surface area contributed by atoms with Crippen LogP contribution in [0.3, 0.4) is 0 Å². The van der Waals surface area contributed by atoms with Crippen molar-refractivity contribution >= 4 is 51.6 Å². The highest BCUT2D eigenvalue weighted by Crippen LogP contribution is 2.28. The molecule has 20 heavy (non-hydrogen) atoms. The number of rotatable bonds is 2. The average molecular weight is 328 g/mol. The van der Waals surface area contributed by atoms with Crippen LogP contribution in [0.5, 0.6) is 0 Å². The summed E-state index contributed by atoms with van der Waals surface area (Å²) in [5, 5.41) is 1.49. The predicted octanol–water partition coefficient (Wildman–Crippen LogP) is 4.96. The largest absolute Gasteiger partial charge is 0.440 e. The van der Waals surface area contributed by atoms with Gasteiger partial charge in [0.25, 0.3) is 0 Å². The molecule has 0 spiro atoms. The summed E-state index contributed by atoms with van der Waals surface area (Å²) in [6.45, 7) is 0. The molecule has 0 aliphatic heterocycles. The molecule has 0 atom stereocenters. The standard InChI is InChI=1S/C14H9Cl3N2O/c15-8-2-1-7(3-9(8)16)4-14-19-12-5-10(17)11(18)6-13(12)20-14/h1-3,5-6H,4,18H2. The topological polar surface area (TPSA) is 52.0 Å². The third kappa shape index (κ3) is 2.57. The number of fused-ring (bicyclic) bond motifs is 1. The molecule has 2 aromatic carbocycles. The van der Waals surface area contributed by atoms with Crippen LogP contribution in [-0.4, -0.2) is 4.98 Å². The molecule has 0 saturated heterocycles. The van der Waals surface area contributed by atoms with Crippen molar-refractivity contribution in [3.8, 4) is 0 Å². The van der Waals surface area contributed by atoms with Crippen molar-refractivity contribution in [2.24, 2.45) is 0 Å². The molecule has 0 radical (unpaired) electrons. The van der Waals surface area contributed by atoms with E-state index < -0.39 is 0 Å². The van der Waals surface area contributed by atoms with Crippen LogP contribution in [0.15, 0.2) is 34.7 Å². The van der Waals surface area contributed by atoms with E-state index in [1.165, 1.54) is 0 Å². The molecule has 3 nitrogen and oxygen atoms in total. The normalized spacial score (nSPS) is 11.2. The number of nitrogen functional groups attached to an aromatic ring is 1. The van der Waals surface area contributed by atoms with Crippen molar-refractivity contribution in [3.05, 3.63) is 56.9 Å². The van der Waals surface area contributed by atoms with Gasteiger partial charge in [-0.3, -0.25) is 0 Å². The van der Waals surface area contributed by atoms with E-state index in [2.05, 4.69) is 4.98 Å². The van der Waals surface area contributed by atoms with Gasteiger partial charge in [0.05, 0.1) is 20.8 Å². The summed E-state index contributed by atoms with van der Waals surface area (Å²) in [7, 11) is 0. The molecular formula is C14H9Cl3N2O. The highest BCUT2D eigenvalue weighted by Gasteiger charge is 2.10. The quantitative estimate of drug-likeness (QED) is 0.677. The molecule has 0 fully saturated rings. The molecule has 3 aromatic rings.